The van der Waals surface area contributed by atoms with Crippen LogP contribution in [-0.4, -0.2) is 28.5 Å². The van der Waals surface area contributed by atoms with Crippen molar-refractivity contribution in [1.29, 1.82) is 0 Å². The van der Waals surface area contributed by atoms with Gasteiger partial charge >= 0.3 is 35.5 Å². The van der Waals surface area contributed by atoms with Crippen molar-refractivity contribution in [3.63, 3.8) is 0 Å². The van der Waals surface area contributed by atoms with E-state index in [1.165, 1.54) is 89.9 Å². The number of para-hydroxylation sites is 2. The van der Waals surface area contributed by atoms with Crippen LogP contribution in [0.2, 0.25) is 0 Å². The molecule has 0 radical (unpaired) electrons. The summed E-state index contributed by atoms with van der Waals surface area (Å²) in [6.07, 6.45) is 24.1. The SMILES string of the molecule is CCCCCCCCCCCCCCCCCCOC(=O)/C=C/C(=O)[O-].[Na+].c1ccc2[nH]cnc2c1. The van der Waals surface area contributed by atoms with Crippen molar-refractivity contribution in [2.75, 3.05) is 6.61 Å². The Hall–Kier alpha value is -1.63. The van der Waals surface area contributed by atoms with Crippen molar-refractivity contribution in [3.8, 4) is 0 Å². The minimum Gasteiger partial charge on any atom is -0.545 e. The number of carbonyl (C=O) groups is 2. The quantitative estimate of drug-likeness (QED) is 0.135. The van der Waals surface area contributed by atoms with Gasteiger partial charge < -0.3 is 19.6 Å². The molecule has 0 aliphatic heterocycles. The van der Waals surface area contributed by atoms with Crippen LogP contribution in [0.15, 0.2) is 42.7 Å². The van der Waals surface area contributed by atoms with E-state index in [1.807, 2.05) is 24.3 Å². The maximum absolute atomic E-state index is 11.1. The summed E-state index contributed by atoms with van der Waals surface area (Å²) in [6, 6.07) is 7.94. The van der Waals surface area contributed by atoms with E-state index in [9.17, 15) is 14.7 Å². The standard InChI is InChI=1S/C22H40O4.C7H6N2.Na/c1-2-3-4-5-6-7-8-9-10-11-12-13-14-15-16-17-20-26-22(25)19-18-21(23)24;1-2-4-7-6(3-1)8-5-9-7;/h18-19H,2-17,20H2,1H3,(H,23,24);1-5H,(H,8,9);/q;;+1/p-1/b19-18+;;. The van der Waals surface area contributed by atoms with Gasteiger partial charge in [-0.05, 0) is 24.6 Å². The number of hydrogen-bond donors (Lipinski definition) is 1. The van der Waals surface area contributed by atoms with Gasteiger partial charge in [0, 0.05) is 6.08 Å². The van der Waals surface area contributed by atoms with Gasteiger partial charge in [0.15, 0.2) is 0 Å². The predicted molar refractivity (Wildman–Crippen MR) is 141 cm³/mol. The molecular weight excluding hydrogens is 463 g/mol. The number of carbonyl (C=O) groups excluding carboxylic acids is 2. The number of esters is 1. The smallest absolute Gasteiger partial charge is 0.545 e. The molecule has 0 bridgehead atoms. The molecule has 0 aliphatic rings. The Morgan fingerprint density at radius 3 is 1.81 bits per heavy atom. The number of imidazole rings is 1. The van der Waals surface area contributed by atoms with Gasteiger partial charge in [-0.2, -0.15) is 0 Å². The van der Waals surface area contributed by atoms with Crippen LogP contribution in [0, 0.1) is 0 Å². The Morgan fingerprint density at radius 2 is 1.31 bits per heavy atom. The molecule has 0 amide bonds. The monoisotopic (exact) mass is 508 g/mol. The summed E-state index contributed by atoms with van der Waals surface area (Å²) in [6.45, 7) is 2.62. The summed E-state index contributed by atoms with van der Waals surface area (Å²) in [5.41, 5.74) is 2.12. The number of rotatable bonds is 19. The van der Waals surface area contributed by atoms with E-state index in [2.05, 4.69) is 16.9 Å². The number of ether oxygens (including phenoxy) is 1. The number of aromatic amines is 1. The van der Waals surface area contributed by atoms with Crippen LogP contribution in [0.1, 0.15) is 110 Å². The molecule has 0 fully saturated rings. The zero-order valence-electron chi connectivity index (χ0n) is 22.6. The molecule has 1 heterocycles. The van der Waals surface area contributed by atoms with Gasteiger partial charge in [-0.3, -0.25) is 0 Å². The summed E-state index contributed by atoms with van der Waals surface area (Å²) in [5, 5.41) is 10.1. The first-order chi connectivity index (χ1) is 17.1. The number of unbranched alkanes of at least 4 members (excludes halogenated alkanes) is 15. The number of carboxylic acid groups (broad SMARTS) is 1. The van der Waals surface area contributed by atoms with Gasteiger partial charge in [0.05, 0.1) is 29.9 Å². The number of carboxylic acids is 1. The van der Waals surface area contributed by atoms with E-state index in [-0.39, 0.29) is 29.6 Å². The molecule has 196 valence electrons. The molecule has 0 atom stereocenters. The molecule has 1 aromatic carbocycles. The fourth-order valence-corrected chi connectivity index (χ4v) is 3.89. The first-order valence-corrected chi connectivity index (χ1v) is 13.6. The molecule has 0 saturated carbocycles. The van der Waals surface area contributed by atoms with E-state index in [0.29, 0.717) is 12.7 Å². The molecule has 2 aromatic rings. The maximum Gasteiger partial charge on any atom is 1.00 e. The fourth-order valence-electron chi connectivity index (χ4n) is 3.89. The summed E-state index contributed by atoms with van der Waals surface area (Å²) in [7, 11) is 0. The zero-order valence-corrected chi connectivity index (χ0v) is 24.6. The molecule has 36 heavy (non-hydrogen) atoms. The number of aliphatic carboxylic acids is 1. The van der Waals surface area contributed by atoms with Crippen LogP contribution >= 0.6 is 0 Å². The minimum absolute atomic E-state index is 0. The van der Waals surface area contributed by atoms with Gasteiger partial charge in [0.25, 0.3) is 0 Å². The summed E-state index contributed by atoms with van der Waals surface area (Å²) < 4.78 is 4.89. The Balaban J connectivity index is 0.00000100. The third-order valence-corrected chi connectivity index (χ3v) is 5.93. The zero-order chi connectivity index (χ0) is 25.4. The number of H-pyrrole nitrogens is 1. The normalized spacial score (nSPS) is 10.6. The molecule has 1 aromatic heterocycles. The van der Waals surface area contributed by atoms with E-state index in [0.717, 1.165) is 30.0 Å². The molecule has 2 rings (SSSR count). The third-order valence-electron chi connectivity index (χ3n) is 5.93. The van der Waals surface area contributed by atoms with Crippen LogP contribution in [-0.2, 0) is 14.3 Å². The van der Waals surface area contributed by atoms with E-state index < -0.39 is 11.9 Å². The van der Waals surface area contributed by atoms with Crippen LogP contribution in [0.4, 0.5) is 0 Å². The van der Waals surface area contributed by atoms with Crippen molar-refractivity contribution in [3.05, 3.63) is 42.7 Å². The van der Waals surface area contributed by atoms with Crippen molar-refractivity contribution < 1.29 is 49.0 Å². The average molecular weight is 509 g/mol. The molecular formula is C29H45N2NaO4. The van der Waals surface area contributed by atoms with E-state index in [4.69, 9.17) is 4.74 Å². The molecule has 7 heteroatoms. The molecule has 6 nitrogen and oxygen atoms in total. The second-order valence-electron chi connectivity index (χ2n) is 9.04. The van der Waals surface area contributed by atoms with Crippen LogP contribution < -0.4 is 34.7 Å². The summed E-state index contributed by atoms with van der Waals surface area (Å²) in [5.74, 6) is -2.00. The fraction of sp³-hybridized carbons (Fsp3) is 0.621. The summed E-state index contributed by atoms with van der Waals surface area (Å²) in [4.78, 5) is 28.3. The van der Waals surface area contributed by atoms with Crippen LogP contribution in [0.5, 0.6) is 0 Å². The topological polar surface area (TPSA) is 95.1 Å². The molecule has 1 N–H and O–H groups in total. The largest absolute Gasteiger partial charge is 1.00 e. The second kappa shape index (κ2) is 25.0. The van der Waals surface area contributed by atoms with Gasteiger partial charge in [0.2, 0.25) is 0 Å². The maximum atomic E-state index is 11.1. The first kappa shape index (κ1) is 34.4. The number of nitrogens with one attached hydrogen (secondary N) is 1. The number of aromatic nitrogens is 2. The van der Waals surface area contributed by atoms with Gasteiger partial charge in [-0.1, -0.05) is 115 Å². The number of nitrogens with zero attached hydrogens (tertiary/aromatic N) is 1. The molecule has 0 aliphatic carbocycles. The molecule has 0 saturated heterocycles. The second-order valence-corrected chi connectivity index (χ2v) is 9.04. The van der Waals surface area contributed by atoms with Crippen molar-refractivity contribution in [1.82, 2.24) is 9.97 Å². The van der Waals surface area contributed by atoms with Crippen LogP contribution in [0.3, 0.4) is 0 Å². The van der Waals surface area contributed by atoms with Gasteiger partial charge in [-0.25, -0.2) is 9.78 Å². The third kappa shape index (κ3) is 20.6. The van der Waals surface area contributed by atoms with Crippen molar-refractivity contribution in [2.24, 2.45) is 0 Å². The average Bonchev–Trinajstić information content (AvgIpc) is 3.34. The Kier molecular flexibility index (Phi) is 23.9. The Morgan fingerprint density at radius 1 is 0.806 bits per heavy atom. The molecule has 0 unspecified atom stereocenters. The number of benzene rings is 1. The van der Waals surface area contributed by atoms with Gasteiger partial charge in [-0.15, -0.1) is 0 Å². The van der Waals surface area contributed by atoms with E-state index >= 15 is 0 Å². The summed E-state index contributed by atoms with van der Waals surface area (Å²) >= 11 is 0. The number of hydrogen-bond acceptors (Lipinski definition) is 5. The van der Waals surface area contributed by atoms with Crippen molar-refractivity contribution in [2.45, 2.75) is 110 Å². The van der Waals surface area contributed by atoms with Crippen LogP contribution in [0.25, 0.3) is 11.0 Å². The van der Waals surface area contributed by atoms with E-state index in [1.54, 1.807) is 6.33 Å². The number of fused-ring (bicyclic) bond motifs is 1. The van der Waals surface area contributed by atoms with Gasteiger partial charge in [0.1, 0.15) is 0 Å². The molecule has 0 spiro atoms. The Labute approximate surface area is 240 Å². The minimum atomic E-state index is -1.38. The Bertz CT molecular complexity index is 792. The van der Waals surface area contributed by atoms with Crippen molar-refractivity contribution >= 4 is 23.0 Å². The first-order valence-electron chi connectivity index (χ1n) is 13.6. The predicted octanol–water partition coefficient (Wildman–Crippen LogP) is 3.66.